The number of hydrogen-bond acceptors (Lipinski definition) is 2. The lowest BCUT2D eigenvalue weighted by atomic mass is 10.0. The van der Waals surface area contributed by atoms with Crippen molar-refractivity contribution in [1.82, 2.24) is 5.32 Å². The van der Waals surface area contributed by atoms with Crippen LogP contribution < -0.4 is 5.32 Å². The summed E-state index contributed by atoms with van der Waals surface area (Å²) in [7, 11) is 0. The van der Waals surface area contributed by atoms with Gasteiger partial charge in [0.2, 0.25) is 0 Å². The van der Waals surface area contributed by atoms with E-state index in [1.807, 2.05) is 6.92 Å². The number of aliphatic hydroxyl groups is 1. The fourth-order valence-electron chi connectivity index (χ4n) is 1.63. The highest BCUT2D eigenvalue weighted by molar-refractivity contribution is 5.14. The van der Waals surface area contributed by atoms with Crippen LogP contribution in [0.1, 0.15) is 25.8 Å². The van der Waals surface area contributed by atoms with Gasteiger partial charge in [-0.05, 0) is 37.8 Å². The summed E-state index contributed by atoms with van der Waals surface area (Å²) in [4.78, 5) is 0. The van der Waals surface area contributed by atoms with E-state index >= 15 is 0 Å². The molecule has 0 aliphatic carbocycles. The van der Waals surface area contributed by atoms with E-state index in [4.69, 9.17) is 5.11 Å². The van der Waals surface area contributed by atoms with Crippen LogP contribution in [-0.2, 0) is 6.42 Å². The molecule has 0 aromatic heterocycles. The zero-order valence-corrected chi connectivity index (χ0v) is 10.3. The Hall–Kier alpha value is -0.860. The number of aliphatic hydroxyl groups excluding tert-OH is 1. The van der Waals surface area contributed by atoms with Crippen LogP contribution in [0, 0.1) is 5.92 Å². The first-order chi connectivity index (χ1) is 7.72. The fourth-order valence-corrected chi connectivity index (χ4v) is 1.63. The van der Waals surface area contributed by atoms with Gasteiger partial charge in [-0.2, -0.15) is 0 Å². The second-order valence-electron chi connectivity index (χ2n) is 4.62. The lowest BCUT2D eigenvalue weighted by Gasteiger charge is -2.16. The Balaban J connectivity index is 2.18. The standard InChI is InChI=1S/C14H23NO/c1-12(10-15-13(2)11-16)8-9-14-6-4-3-5-7-14/h3-7,12-13,15-16H,8-11H2,1-2H3. The zero-order valence-electron chi connectivity index (χ0n) is 10.3. The van der Waals surface area contributed by atoms with Crippen molar-refractivity contribution in [3.63, 3.8) is 0 Å². The van der Waals surface area contributed by atoms with Gasteiger partial charge < -0.3 is 10.4 Å². The van der Waals surface area contributed by atoms with E-state index in [1.54, 1.807) is 0 Å². The summed E-state index contributed by atoms with van der Waals surface area (Å²) in [5.74, 6) is 0.647. The van der Waals surface area contributed by atoms with Gasteiger partial charge in [-0.3, -0.25) is 0 Å². The maximum Gasteiger partial charge on any atom is 0.0581 e. The van der Waals surface area contributed by atoms with Gasteiger partial charge >= 0.3 is 0 Å². The van der Waals surface area contributed by atoms with E-state index < -0.39 is 0 Å². The van der Waals surface area contributed by atoms with Crippen LogP contribution in [0.4, 0.5) is 0 Å². The summed E-state index contributed by atoms with van der Waals surface area (Å²) in [5.41, 5.74) is 1.41. The molecule has 0 aliphatic heterocycles. The van der Waals surface area contributed by atoms with Gasteiger partial charge in [0.25, 0.3) is 0 Å². The summed E-state index contributed by atoms with van der Waals surface area (Å²) in [6, 6.07) is 10.8. The van der Waals surface area contributed by atoms with E-state index in [-0.39, 0.29) is 12.6 Å². The summed E-state index contributed by atoms with van der Waals surface area (Å²) < 4.78 is 0. The molecule has 0 aliphatic rings. The Morgan fingerprint density at radius 1 is 1.19 bits per heavy atom. The smallest absolute Gasteiger partial charge is 0.0581 e. The SMILES string of the molecule is CC(CCc1ccccc1)CNC(C)CO. The molecule has 0 fully saturated rings. The second-order valence-corrected chi connectivity index (χ2v) is 4.62. The Morgan fingerprint density at radius 2 is 1.88 bits per heavy atom. The second kappa shape index (κ2) is 7.42. The maximum absolute atomic E-state index is 8.89. The van der Waals surface area contributed by atoms with Gasteiger partial charge in [0.05, 0.1) is 6.61 Å². The predicted molar refractivity (Wildman–Crippen MR) is 68.5 cm³/mol. The van der Waals surface area contributed by atoms with Crippen LogP contribution in [0.15, 0.2) is 30.3 Å². The molecule has 2 unspecified atom stereocenters. The monoisotopic (exact) mass is 221 g/mol. The Morgan fingerprint density at radius 3 is 2.50 bits per heavy atom. The summed E-state index contributed by atoms with van der Waals surface area (Å²) in [6.07, 6.45) is 2.33. The molecule has 0 amide bonds. The first-order valence-electron chi connectivity index (χ1n) is 6.10. The Labute approximate surface area is 98.7 Å². The lowest BCUT2D eigenvalue weighted by Crippen LogP contribution is -2.33. The van der Waals surface area contributed by atoms with Crippen molar-refractivity contribution in [2.45, 2.75) is 32.7 Å². The van der Waals surface area contributed by atoms with Gasteiger partial charge in [-0.15, -0.1) is 0 Å². The van der Waals surface area contributed by atoms with Crippen molar-refractivity contribution < 1.29 is 5.11 Å². The quantitative estimate of drug-likeness (QED) is 0.740. The van der Waals surface area contributed by atoms with Crippen molar-refractivity contribution >= 4 is 0 Å². The van der Waals surface area contributed by atoms with Gasteiger partial charge in [-0.25, -0.2) is 0 Å². The summed E-state index contributed by atoms with van der Waals surface area (Å²) >= 11 is 0. The topological polar surface area (TPSA) is 32.3 Å². The lowest BCUT2D eigenvalue weighted by molar-refractivity contribution is 0.246. The fraction of sp³-hybridized carbons (Fsp3) is 0.571. The van der Waals surface area contributed by atoms with Gasteiger partial charge in [-0.1, -0.05) is 37.3 Å². The number of nitrogens with one attached hydrogen (secondary N) is 1. The van der Waals surface area contributed by atoms with Crippen molar-refractivity contribution in [3.8, 4) is 0 Å². The van der Waals surface area contributed by atoms with Gasteiger partial charge in [0, 0.05) is 6.04 Å². The van der Waals surface area contributed by atoms with Crippen molar-refractivity contribution in [2.75, 3.05) is 13.2 Å². The molecule has 16 heavy (non-hydrogen) atoms. The highest BCUT2D eigenvalue weighted by atomic mass is 16.3. The maximum atomic E-state index is 8.89. The third-order valence-electron chi connectivity index (χ3n) is 2.86. The molecule has 0 heterocycles. The minimum Gasteiger partial charge on any atom is -0.395 e. The van der Waals surface area contributed by atoms with E-state index in [9.17, 15) is 0 Å². The molecule has 0 saturated carbocycles. The molecule has 2 heteroatoms. The first-order valence-corrected chi connectivity index (χ1v) is 6.10. The molecule has 0 spiro atoms. The Bertz CT molecular complexity index is 273. The van der Waals surface area contributed by atoms with Crippen LogP contribution in [0.25, 0.3) is 0 Å². The number of hydrogen-bond donors (Lipinski definition) is 2. The van der Waals surface area contributed by atoms with Crippen molar-refractivity contribution in [3.05, 3.63) is 35.9 Å². The van der Waals surface area contributed by atoms with Crippen LogP contribution in [-0.4, -0.2) is 24.3 Å². The minimum absolute atomic E-state index is 0.208. The highest BCUT2D eigenvalue weighted by Crippen LogP contribution is 2.08. The summed E-state index contributed by atoms with van der Waals surface area (Å²) in [6.45, 7) is 5.45. The zero-order chi connectivity index (χ0) is 11.8. The molecule has 2 N–H and O–H groups in total. The predicted octanol–water partition coefficient (Wildman–Crippen LogP) is 2.23. The van der Waals surface area contributed by atoms with Gasteiger partial charge in [0.1, 0.15) is 0 Å². The van der Waals surface area contributed by atoms with Crippen molar-refractivity contribution in [2.24, 2.45) is 5.92 Å². The van der Waals surface area contributed by atoms with Crippen LogP contribution in [0.3, 0.4) is 0 Å². The first kappa shape index (κ1) is 13.2. The van der Waals surface area contributed by atoms with Crippen molar-refractivity contribution in [1.29, 1.82) is 0 Å². The molecule has 1 rings (SSSR count). The molecule has 1 aromatic carbocycles. The third kappa shape index (κ3) is 5.29. The molecule has 90 valence electrons. The highest BCUT2D eigenvalue weighted by Gasteiger charge is 2.04. The molecular weight excluding hydrogens is 198 g/mol. The van der Waals surface area contributed by atoms with E-state index in [2.05, 4.69) is 42.6 Å². The van der Waals surface area contributed by atoms with Crippen LogP contribution in [0.5, 0.6) is 0 Å². The molecule has 1 aromatic rings. The summed E-state index contributed by atoms with van der Waals surface area (Å²) in [5, 5.41) is 12.2. The minimum atomic E-state index is 0.208. The average Bonchev–Trinajstić information content (AvgIpc) is 2.34. The molecule has 0 bridgehead atoms. The van der Waals surface area contributed by atoms with E-state index in [0.717, 1.165) is 13.0 Å². The van der Waals surface area contributed by atoms with E-state index in [0.29, 0.717) is 5.92 Å². The van der Waals surface area contributed by atoms with E-state index in [1.165, 1.54) is 12.0 Å². The third-order valence-corrected chi connectivity index (χ3v) is 2.86. The normalized spacial score (nSPS) is 14.7. The number of aryl methyl sites for hydroxylation is 1. The molecular formula is C14H23NO. The molecule has 0 saturated heterocycles. The molecule has 2 atom stereocenters. The molecule has 2 nitrogen and oxygen atoms in total. The van der Waals surface area contributed by atoms with Crippen LogP contribution in [0.2, 0.25) is 0 Å². The largest absolute Gasteiger partial charge is 0.395 e. The number of benzene rings is 1. The van der Waals surface area contributed by atoms with Gasteiger partial charge in [0.15, 0.2) is 0 Å². The van der Waals surface area contributed by atoms with Crippen LogP contribution >= 0.6 is 0 Å². The Kier molecular flexibility index (Phi) is 6.12. The molecule has 0 radical (unpaired) electrons. The number of rotatable bonds is 7. The average molecular weight is 221 g/mol.